The molecule has 0 saturated heterocycles. The lowest BCUT2D eigenvalue weighted by Crippen LogP contribution is -2.40. The molecule has 0 bridgehead atoms. The lowest BCUT2D eigenvalue weighted by atomic mass is 10.1. The molecule has 0 radical (unpaired) electrons. The van der Waals surface area contributed by atoms with Crippen molar-refractivity contribution in [1.82, 2.24) is 0 Å². The molecule has 0 N–H and O–H groups in total. The van der Waals surface area contributed by atoms with Crippen LogP contribution in [0.3, 0.4) is 0 Å². The molecule has 0 spiro atoms. The predicted molar refractivity (Wildman–Crippen MR) is 127 cm³/mol. The molecule has 37 heavy (non-hydrogen) atoms. The zero-order chi connectivity index (χ0) is 28.9. The highest BCUT2D eigenvalue weighted by Gasteiger charge is 2.33. The summed E-state index contributed by atoms with van der Waals surface area (Å²) in [6.45, 7) is 9.89. The van der Waals surface area contributed by atoms with Gasteiger partial charge in [0.05, 0.1) is 27.4 Å². The average Bonchev–Trinajstić information content (AvgIpc) is 2.79. The number of methoxy groups -OCH3 is 2. The fourth-order valence-corrected chi connectivity index (χ4v) is 2.43. The second kappa shape index (κ2) is 15.4. The number of rotatable bonds is 16. The van der Waals surface area contributed by atoms with Gasteiger partial charge in [0.1, 0.15) is 11.2 Å². The van der Waals surface area contributed by atoms with E-state index in [9.17, 15) is 24.0 Å². The fraction of sp³-hybridized carbons (Fsp3) is 0.792. The quantitative estimate of drug-likeness (QED) is 0.209. The third-order valence-corrected chi connectivity index (χ3v) is 4.85. The van der Waals surface area contributed by atoms with Crippen LogP contribution < -0.4 is 0 Å². The molecule has 0 aromatic heterocycles. The highest BCUT2D eigenvalue weighted by atomic mass is 16.7. The first-order valence-electron chi connectivity index (χ1n) is 11.6. The molecule has 13 heteroatoms. The number of carbonyl (C=O) groups excluding carboxylic acids is 5. The molecule has 1 atom stereocenters. The molecule has 214 valence electrons. The SMILES string of the molecule is COC(=O)OC(C)(C)CCOC(C)C(=O)OCC(=O)COC(=O)C(C)(C)OCCC(C)(C)OC(=O)OC. The Balaban J connectivity index is 4.35. The van der Waals surface area contributed by atoms with E-state index < -0.39 is 66.2 Å². The number of ether oxygens (including phenoxy) is 8. The van der Waals surface area contributed by atoms with E-state index in [1.165, 1.54) is 35.0 Å². The molecular weight excluding hydrogens is 496 g/mol. The third kappa shape index (κ3) is 15.0. The van der Waals surface area contributed by atoms with Gasteiger partial charge in [-0.15, -0.1) is 0 Å². The molecule has 0 aliphatic heterocycles. The van der Waals surface area contributed by atoms with Crippen LogP contribution in [0.4, 0.5) is 9.59 Å². The van der Waals surface area contributed by atoms with Gasteiger partial charge in [0.15, 0.2) is 24.9 Å². The summed E-state index contributed by atoms with van der Waals surface area (Å²) >= 11 is 0. The summed E-state index contributed by atoms with van der Waals surface area (Å²) in [6, 6.07) is 0. The molecule has 0 heterocycles. The van der Waals surface area contributed by atoms with Crippen molar-refractivity contribution in [2.45, 2.75) is 84.2 Å². The number of Topliss-reactive ketones (excluding diaryl/α,β-unsaturated/α-hetero) is 1. The number of hydrogen-bond acceptors (Lipinski definition) is 13. The van der Waals surface area contributed by atoms with Gasteiger partial charge in [0.25, 0.3) is 0 Å². The molecule has 0 saturated carbocycles. The van der Waals surface area contributed by atoms with Crippen LogP contribution in [-0.2, 0) is 52.3 Å². The van der Waals surface area contributed by atoms with Crippen LogP contribution in [0.1, 0.15) is 61.3 Å². The van der Waals surface area contributed by atoms with E-state index in [0.29, 0.717) is 0 Å². The maximum Gasteiger partial charge on any atom is 0.508 e. The maximum absolute atomic E-state index is 12.3. The van der Waals surface area contributed by atoms with Gasteiger partial charge in [-0.05, 0) is 48.5 Å². The van der Waals surface area contributed by atoms with Crippen molar-refractivity contribution in [1.29, 1.82) is 0 Å². The monoisotopic (exact) mass is 536 g/mol. The van der Waals surface area contributed by atoms with E-state index in [-0.39, 0.29) is 26.1 Å². The summed E-state index contributed by atoms with van der Waals surface area (Å²) in [6.07, 6.45) is -2.10. The summed E-state index contributed by atoms with van der Waals surface area (Å²) < 4.78 is 39.8. The first-order chi connectivity index (χ1) is 16.9. The zero-order valence-electron chi connectivity index (χ0n) is 23.1. The Hall–Kier alpha value is -2.93. The van der Waals surface area contributed by atoms with Crippen LogP contribution in [0.5, 0.6) is 0 Å². The number of carbonyl (C=O) groups is 5. The summed E-state index contributed by atoms with van der Waals surface area (Å²) in [7, 11) is 2.39. The van der Waals surface area contributed by atoms with Crippen LogP contribution in [0.15, 0.2) is 0 Å². The Labute approximate surface area is 217 Å². The Kier molecular flexibility index (Phi) is 14.1. The van der Waals surface area contributed by atoms with Crippen molar-refractivity contribution in [2.24, 2.45) is 0 Å². The maximum atomic E-state index is 12.3. The van der Waals surface area contributed by atoms with Crippen molar-refractivity contribution in [2.75, 3.05) is 40.6 Å². The number of hydrogen-bond donors (Lipinski definition) is 0. The van der Waals surface area contributed by atoms with Gasteiger partial charge < -0.3 is 37.9 Å². The van der Waals surface area contributed by atoms with E-state index in [0.717, 1.165) is 0 Å². The summed E-state index contributed by atoms with van der Waals surface area (Å²) in [5, 5.41) is 0. The second-order valence-corrected chi connectivity index (χ2v) is 9.73. The lowest BCUT2D eigenvalue weighted by Gasteiger charge is -2.27. The molecule has 0 amide bonds. The molecule has 0 aromatic rings. The van der Waals surface area contributed by atoms with E-state index in [2.05, 4.69) is 9.47 Å². The van der Waals surface area contributed by atoms with Crippen LogP contribution >= 0.6 is 0 Å². The van der Waals surface area contributed by atoms with E-state index in [1.54, 1.807) is 27.7 Å². The van der Waals surface area contributed by atoms with Crippen LogP contribution in [0.25, 0.3) is 0 Å². The van der Waals surface area contributed by atoms with Crippen molar-refractivity contribution in [3.8, 4) is 0 Å². The fourth-order valence-electron chi connectivity index (χ4n) is 2.43. The molecule has 0 fully saturated rings. The normalized spacial score (nSPS) is 12.7. The van der Waals surface area contributed by atoms with E-state index in [4.69, 9.17) is 28.4 Å². The minimum Gasteiger partial charge on any atom is -0.456 e. The largest absolute Gasteiger partial charge is 0.508 e. The Morgan fingerprint density at radius 1 is 0.703 bits per heavy atom. The van der Waals surface area contributed by atoms with Crippen molar-refractivity contribution in [3.05, 3.63) is 0 Å². The molecular formula is C24H40O13. The summed E-state index contributed by atoms with van der Waals surface area (Å²) in [4.78, 5) is 58.8. The highest BCUT2D eigenvalue weighted by Crippen LogP contribution is 2.19. The number of esters is 2. The zero-order valence-corrected chi connectivity index (χ0v) is 23.1. The van der Waals surface area contributed by atoms with E-state index in [1.807, 2.05) is 0 Å². The highest BCUT2D eigenvalue weighted by molar-refractivity contribution is 5.87. The lowest BCUT2D eigenvalue weighted by molar-refractivity contribution is -0.172. The minimum absolute atomic E-state index is 0.0571. The van der Waals surface area contributed by atoms with Gasteiger partial charge in [-0.2, -0.15) is 0 Å². The molecule has 0 aliphatic rings. The van der Waals surface area contributed by atoms with Gasteiger partial charge in [-0.25, -0.2) is 19.2 Å². The van der Waals surface area contributed by atoms with Gasteiger partial charge in [0, 0.05) is 12.8 Å². The van der Waals surface area contributed by atoms with Crippen LogP contribution in [0, 0.1) is 0 Å². The molecule has 0 rings (SSSR count). The Bertz CT molecular complexity index is 786. The van der Waals surface area contributed by atoms with Gasteiger partial charge in [-0.3, -0.25) is 4.79 Å². The van der Waals surface area contributed by atoms with Crippen molar-refractivity contribution in [3.63, 3.8) is 0 Å². The Morgan fingerprint density at radius 3 is 1.65 bits per heavy atom. The second-order valence-electron chi connectivity index (χ2n) is 9.73. The van der Waals surface area contributed by atoms with Gasteiger partial charge >= 0.3 is 24.2 Å². The minimum atomic E-state index is -1.38. The molecule has 0 aliphatic carbocycles. The van der Waals surface area contributed by atoms with Crippen LogP contribution in [0.2, 0.25) is 0 Å². The smallest absolute Gasteiger partial charge is 0.456 e. The molecule has 1 unspecified atom stereocenters. The van der Waals surface area contributed by atoms with Crippen molar-refractivity contribution >= 4 is 30.0 Å². The van der Waals surface area contributed by atoms with Gasteiger partial charge in [0.2, 0.25) is 5.78 Å². The predicted octanol–water partition coefficient (Wildman–Crippen LogP) is 2.75. The van der Waals surface area contributed by atoms with Crippen molar-refractivity contribution < 1.29 is 61.9 Å². The summed E-state index contributed by atoms with van der Waals surface area (Å²) in [5.41, 5.74) is -3.14. The standard InChI is InChI=1S/C24H40O13/c1-16(32-12-10-22(2,3)36-20(28)30-8)18(26)33-14-17(25)15-34-19(27)24(6,7)35-13-11-23(4,5)37-21(29)31-9/h16H,10-15H2,1-9H3. The first-order valence-corrected chi connectivity index (χ1v) is 11.6. The first kappa shape index (κ1) is 34.1. The third-order valence-electron chi connectivity index (χ3n) is 4.85. The van der Waals surface area contributed by atoms with E-state index >= 15 is 0 Å². The van der Waals surface area contributed by atoms with Gasteiger partial charge in [-0.1, -0.05) is 0 Å². The average molecular weight is 537 g/mol. The molecule has 0 aromatic carbocycles. The topological polar surface area (TPSA) is 159 Å². The van der Waals surface area contributed by atoms with Crippen LogP contribution in [-0.4, -0.2) is 93.6 Å². The molecule has 13 nitrogen and oxygen atoms in total. The Morgan fingerprint density at radius 2 is 1.16 bits per heavy atom. The summed E-state index contributed by atoms with van der Waals surface area (Å²) in [5.74, 6) is -2.23. The number of ketones is 1.